The molecule has 1 heterocycles. The number of benzene rings is 1. The van der Waals surface area contributed by atoms with E-state index < -0.39 is 0 Å². The van der Waals surface area contributed by atoms with Gasteiger partial charge in [0.25, 0.3) is 0 Å². The number of hydrogen-bond acceptors (Lipinski definition) is 4. The van der Waals surface area contributed by atoms with Gasteiger partial charge < -0.3 is 19.2 Å². The van der Waals surface area contributed by atoms with E-state index in [4.69, 9.17) is 13.9 Å². The Balaban J connectivity index is 2.22. The average Bonchev–Trinajstić information content (AvgIpc) is 2.90. The minimum atomic E-state index is 0.0949. The van der Waals surface area contributed by atoms with E-state index in [1.165, 1.54) is 0 Å². The third kappa shape index (κ3) is 3.16. The Morgan fingerprint density at radius 2 is 1.95 bits per heavy atom. The highest BCUT2D eigenvalue weighted by molar-refractivity contribution is 9.10. The van der Waals surface area contributed by atoms with Gasteiger partial charge in [-0.25, -0.2) is 0 Å². The van der Waals surface area contributed by atoms with Crippen LogP contribution in [0.15, 0.2) is 39.4 Å². The fourth-order valence-electron chi connectivity index (χ4n) is 2.12. The van der Waals surface area contributed by atoms with Crippen molar-refractivity contribution in [3.63, 3.8) is 0 Å². The first-order chi connectivity index (χ1) is 9.69. The summed E-state index contributed by atoms with van der Waals surface area (Å²) < 4.78 is 17.1. The molecule has 5 heteroatoms. The van der Waals surface area contributed by atoms with Crippen molar-refractivity contribution in [1.82, 2.24) is 5.32 Å². The summed E-state index contributed by atoms with van der Waals surface area (Å²) in [6.45, 7) is 0. The predicted molar refractivity (Wildman–Crippen MR) is 81.5 cm³/mol. The van der Waals surface area contributed by atoms with Crippen molar-refractivity contribution in [1.29, 1.82) is 0 Å². The van der Waals surface area contributed by atoms with Gasteiger partial charge in [-0.05, 0) is 53.2 Å². The number of ether oxygens (including phenoxy) is 2. The van der Waals surface area contributed by atoms with Crippen LogP contribution < -0.4 is 14.8 Å². The van der Waals surface area contributed by atoms with Crippen LogP contribution in [0.4, 0.5) is 0 Å². The smallest absolute Gasteiger partial charge is 0.160 e. The van der Waals surface area contributed by atoms with Gasteiger partial charge in [0.2, 0.25) is 0 Å². The molecule has 0 saturated carbocycles. The predicted octanol–water partition coefficient (Wildman–Crippen LogP) is 3.56. The lowest BCUT2D eigenvalue weighted by Crippen LogP contribution is -2.18. The van der Waals surface area contributed by atoms with Crippen molar-refractivity contribution >= 4 is 15.9 Å². The van der Waals surface area contributed by atoms with Crippen LogP contribution in [-0.2, 0) is 6.42 Å². The molecule has 1 aromatic heterocycles. The molecule has 0 amide bonds. The number of hydrogen-bond donors (Lipinski definition) is 1. The van der Waals surface area contributed by atoms with Crippen LogP contribution in [0.25, 0.3) is 0 Å². The fourth-order valence-corrected chi connectivity index (χ4v) is 2.60. The zero-order valence-electron chi connectivity index (χ0n) is 11.8. The summed E-state index contributed by atoms with van der Waals surface area (Å²) in [6.07, 6.45) is 2.47. The Kier molecular flexibility index (Phi) is 5.09. The number of halogens is 1. The Bertz CT molecular complexity index is 568. The molecule has 0 fully saturated rings. The lowest BCUT2D eigenvalue weighted by molar-refractivity contribution is 0.354. The highest BCUT2D eigenvalue weighted by Crippen LogP contribution is 2.31. The highest BCUT2D eigenvalue weighted by Gasteiger charge is 2.17. The molecule has 0 spiro atoms. The van der Waals surface area contributed by atoms with Crippen LogP contribution in [0.3, 0.4) is 0 Å². The fraction of sp³-hybridized carbons (Fsp3) is 0.333. The summed E-state index contributed by atoms with van der Waals surface area (Å²) in [6, 6.07) is 7.92. The zero-order chi connectivity index (χ0) is 14.5. The van der Waals surface area contributed by atoms with Crippen molar-refractivity contribution in [2.45, 2.75) is 12.5 Å². The topological polar surface area (TPSA) is 43.6 Å². The van der Waals surface area contributed by atoms with Crippen LogP contribution in [0.1, 0.15) is 17.4 Å². The SMILES string of the molecule is CNC(Cc1ccc(OC)c(OC)c1)c1occc1Br. The Morgan fingerprint density at radius 3 is 2.50 bits per heavy atom. The summed E-state index contributed by atoms with van der Waals surface area (Å²) in [5.41, 5.74) is 1.14. The summed E-state index contributed by atoms with van der Waals surface area (Å²) >= 11 is 3.49. The molecule has 2 aromatic rings. The maximum atomic E-state index is 5.53. The molecule has 4 nitrogen and oxygen atoms in total. The maximum absolute atomic E-state index is 5.53. The van der Waals surface area contributed by atoms with E-state index in [1.54, 1.807) is 20.5 Å². The molecule has 0 bridgehead atoms. The molecule has 1 aromatic carbocycles. The van der Waals surface area contributed by atoms with Crippen LogP contribution in [0.5, 0.6) is 11.5 Å². The monoisotopic (exact) mass is 339 g/mol. The maximum Gasteiger partial charge on any atom is 0.160 e. The van der Waals surface area contributed by atoms with Gasteiger partial charge in [-0.2, -0.15) is 0 Å². The minimum Gasteiger partial charge on any atom is -0.493 e. The number of rotatable bonds is 6. The largest absolute Gasteiger partial charge is 0.493 e. The number of likely N-dealkylation sites (N-methyl/N-ethyl adjacent to an activating group) is 1. The number of furan rings is 1. The Labute approximate surface area is 127 Å². The van der Waals surface area contributed by atoms with Gasteiger partial charge in [0.1, 0.15) is 5.76 Å². The molecule has 0 aliphatic rings. The van der Waals surface area contributed by atoms with Gasteiger partial charge in [0.15, 0.2) is 11.5 Å². The number of nitrogens with one attached hydrogen (secondary N) is 1. The molecule has 108 valence electrons. The van der Waals surface area contributed by atoms with Gasteiger partial charge in [-0.1, -0.05) is 6.07 Å². The lowest BCUT2D eigenvalue weighted by atomic mass is 10.0. The van der Waals surface area contributed by atoms with Crippen molar-refractivity contribution in [2.24, 2.45) is 0 Å². The summed E-state index contributed by atoms with van der Waals surface area (Å²) in [5, 5.41) is 3.26. The Morgan fingerprint density at radius 1 is 1.20 bits per heavy atom. The van der Waals surface area contributed by atoms with E-state index in [0.29, 0.717) is 0 Å². The normalized spacial score (nSPS) is 12.2. The molecule has 1 atom stereocenters. The second-order valence-corrected chi connectivity index (χ2v) is 5.22. The molecule has 2 rings (SSSR count). The second-order valence-electron chi connectivity index (χ2n) is 4.37. The molecule has 1 unspecified atom stereocenters. The van der Waals surface area contributed by atoms with Gasteiger partial charge in [0, 0.05) is 0 Å². The van der Waals surface area contributed by atoms with Gasteiger partial charge in [-0.3, -0.25) is 0 Å². The molecule has 20 heavy (non-hydrogen) atoms. The van der Waals surface area contributed by atoms with E-state index in [2.05, 4.69) is 21.2 Å². The molecule has 0 aliphatic heterocycles. The molecular formula is C15H18BrNO3. The van der Waals surface area contributed by atoms with Crippen LogP contribution in [-0.4, -0.2) is 21.3 Å². The van der Waals surface area contributed by atoms with E-state index in [1.807, 2.05) is 31.3 Å². The second kappa shape index (κ2) is 6.81. The summed E-state index contributed by atoms with van der Waals surface area (Å²) in [4.78, 5) is 0. The summed E-state index contributed by atoms with van der Waals surface area (Å²) in [7, 11) is 5.19. The van der Waals surface area contributed by atoms with Crippen molar-refractivity contribution in [3.8, 4) is 11.5 Å². The zero-order valence-corrected chi connectivity index (χ0v) is 13.4. The van der Waals surface area contributed by atoms with E-state index in [0.717, 1.165) is 33.7 Å². The summed E-state index contributed by atoms with van der Waals surface area (Å²) in [5.74, 6) is 2.36. The van der Waals surface area contributed by atoms with E-state index >= 15 is 0 Å². The molecular weight excluding hydrogens is 322 g/mol. The lowest BCUT2D eigenvalue weighted by Gasteiger charge is -2.16. The molecule has 0 radical (unpaired) electrons. The van der Waals surface area contributed by atoms with Gasteiger partial charge >= 0.3 is 0 Å². The van der Waals surface area contributed by atoms with Crippen molar-refractivity contribution in [3.05, 3.63) is 46.3 Å². The Hall–Kier alpha value is -1.46. The first-order valence-corrected chi connectivity index (χ1v) is 7.10. The van der Waals surface area contributed by atoms with Gasteiger partial charge in [-0.15, -0.1) is 0 Å². The third-order valence-electron chi connectivity index (χ3n) is 3.20. The molecule has 0 saturated heterocycles. The van der Waals surface area contributed by atoms with E-state index in [-0.39, 0.29) is 6.04 Å². The van der Waals surface area contributed by atoms with Crippen LogP contribution in [0, 0.1) is 0 Å². The minimum absolute atomic E-state index is 0.0949. The van der Waals surface area contributed by atoms with Crippen LogP contribution in [0.2, 0.25) is 0 Å². The highest BCUT2D eigenvalue weighted by atomic mass is 79.9. The van der Waals surface area contributed by atoms with Crippen molar-refractivity contribution in [2.75, 3.05) is 21.3 Å². The average molecular weight is 340 g/mol. The van der Waals surface area contributed by atoms with E-state index in [9.17, 15) is 0 Å². The molecule has 0 aliphatic carbocycles. The van der Waals surface area contributed by atoms with Crippen molar-refractivity contribution < 1.29 is 13.9 Å². The standard InChI is InChI=1S/C15H18BrNO3/c1-17-12(15-11(16)6-7-20-15)8-10-4-5-13(18-2)14(9-10)19-3/h4-7,9,12,17H,8H2,1-3H3. The van der Waals surface area contributed by atoms with Gasteiger partial charge in [0.05, 0.1) is 31.0 Å². The van der Waals surface area contributed by atoms with Crippen LogP contribution >= 0.6 is 15.9 Å². The first kappa shape index (κ1) is 14.9. The quantitative estimate of drug-likeness (QED) is 0.873. The number of methoxy groups -OCH3 is 2. The molecule has 1 N–H and O–H groups in total. The third-order valence-corrected chi connectivity index (χ3v) is 3.85. The first-order valence-electron chi connectivity index (χ1n) is 6.30.